The summed E-state index contributed by atoms with van der Waals surface area (Å²) in [5, 5.41) is 2.98. The first-order valence-corrected chi connectivity index (χ1v) is 15.0. The summed E-state index contributed by atoms with van der Waals surface area (Å²) in [4.78, 5) is 29.5. The number of ether oxygens (including phenoxy) is 1. The molecule has 0 unspecified atom stereocenters. The molecule has 0 aliphatic carbocycles. The van der Waals surface area contributed by atoms with E-state index in [-0.39, 0.29) is 11.7 Å². The zero-order chi connectivity index (χ0) is 27.6. The first-order chi connectivity index (χ1) is 19.5. The van der Waals surface area contributed by atoms with Crippen LogP contribution < -0.4 is 14.5 Å². The van der Waals surface area contributed by atoms with Crippen LogP contribution in [0, 0.1) is 5.92 Å². The van der Waals surface area contributed by atoms with Gasteiger partial charge in [0.1, 0.15) is 12.4 Å². The molecule has 0 bridgehead atoms. The monoisotopic (exact) mass is 559 g/mol. The van der Waals surface area contributed by atoms with Crippen molar-refractivity contribution < 1.29 is 9.53 Å². The Bertz CT molecular complexity index is 1410. The number of halogens is 1. The highest BCUT2D eigenvalue weighted by Crippen LogP contribution is 2.37. The highest BCUT2D eigenvalue weighted by molar-refractivity contribution is 6.36. The Morgan fingerprint density at radius 3 is 2.67 bits per heavy atom. The Labute approximate surface area is 241 Å². The van der Waals surface area contributed by atoms with Crippen molar-refractivity contribution in [1.29, 1.82) is 0 Å². The highest BCUT2D eigenvalue weighted by atomic mass is 35.5. The predicted molar refractivity (Wildman–Crippen MR) is 162 cm³/mol. The summed E-state index contributed by atoms with van der Waals surface area (Å²) >= 11 is 6.70. The van der Waals surface area contributed by atoms with Gasteiger partial charge in [0.25, 0.3) is 0 Å². The average Bonchev–Trinajstić information content (AvgIpc) is 3.23. The van der Waals surface area contributed by atoms with Gasteiger partial charge in [0, 0.05) is 48.2 Å². The second kappa shape index (κ2) is 11.8. The normalized spacial score (nSPS) is 21.8. The van der Waals surface area contributed by atoms with Crippen LogP contribution in [0.5, 0.6) is 6.01 Å². The van der Waals surface area contributed by atoms with E-state index in [0.717, 1.165) is 91.3 Å². The van der Waals surface area contributed by atoms with Crippen molar-refractivity contribution >= 4 is 39.7 Å². The van der Waals surface area contributed by atoms with E-state index in [4.69, 9.17) is 26.3 Å². The number of aromatic nitrogens is 2. The predicted octanol–water partition coefficient (Wildman–Crippen LogP) is 5.68. The lowest BCUT2D eigenvalue weighted by molar-refractivity contribution is -0.118. The van der Waals surface area contributed by atoms with Crippen molar-refractivity contribution in [3.8, 4) is 6.01 Å². The van der Waals surface area contributed by atoms with Gasteiger partial charge in [-0.25, -0.2) is 0 Å². The van der Waals surface area contributed by atoms with E-state index in [1.54, 1.807) is 0 Å². The molecule has 0 N–H and O–H groups in total. The maximum absolute atomic E-state index is 12.4. The number of fused-ring (bicyclic) bond motifs is 2. The molecule has 2 aromatic carbocycles. The van der Waals surface area contributed by atoms with Gasteiger partial charge in [0.15, 0.2) is 5.78 Å². The molecule has 2 fully saturated rings. The number of likely N-dealkylation sites (tertiary alicyclic amines) is 1. The lowest BCUT2D eigenvalue weighted by Gasteiger charge is -2.34. The molecule has 3 aromatic rings. The van der Waals surface area contributed by atoms with Gasteiger partial charge in [-0.2, -0.15) is 9.97 Å². The van der Waals surface area contributed by atoms with Crippen LogP contribution in [0.15, 0.2) is 49.1 Å². The van der Waals surface area contributed by atoms with Gasteiger partial charge in [-0.3, -0.25) is 4.79 Å². The summed E-state index contributed by atoms with van der Waals surface area (Å²) in [6.07, 6.45) is 7.30. The average molecular weight is 560 g/mol. The molecule has 2 saturated heterocycles. The standard InChI is InChI=1S/C32H38ClN5O2/c1-3-29(39)22-10-6-17-37(18-14-22)31-25-15-19-38(28-13-5-9-23-8-4-12-26(33)30(23)28)20-27(25)34-32(35-31)40-21-24-11-7-16-36(24)2/h3-5,8-9,12-13,22,24H,1,6-7,10-11,14-21H2,2H3/t22-,24-/m0/s1. The van der Waals surface area contributed by atoms with Gasteiger partial charge in [-0.15, -0.1) is 0 Å². The number of anilines is 2. The molecule has 2 atom stereocenters. The summed E-state index contributed by atoms with van der Waals surface area (Å²) in [7, 11) is 2.16. The Hall–Kier alpha value is -3.16. The molecule has 3 aliphatic rings. The van der Waals surface area contributed by atoms with Crippen LogP contribution in [0.4, 0.5) is 11.5 Å². The molecule has 1 aromatic heterocycles. The third-order valence-corrected chi connectivity index (χ3v) is 9.22. The highest BCUT2D eigenvalue weighted by Gasteiger charge is 2.30. The van der Waals surface area contributed by atoms with E-state index in [0.29, 0.717) is 25.2 Å². The fourth-order valence-electron chi connectivity index (χ4n) is 6.58. The number of benzene rings is 2. The Morgan fingerprint density at radius 1 is 1.05 bits per heavy atom. The number of hydrogen-bond donors (Lipinski definition) is 0. The molecule has 40 heavy (non-hydrogen) atoms. The smallest absolute Gasteiger partial charge is 0.318 e. The van der Waals surface area contributed by atoms with Gasteiger partial charge < -0.3 is 19.4 Å². The number of likely N-dealkylation sites (N-methyl/N-ethyl adjacent to an activating group) is 1. The van der Waals surface area contributed by atoms with Crippen LogP contribution in [-0.4, -0.2) is 66.5 Å². The molecule has 7 nitrogen and oxygen atoms in total. The first kappa shape index (κ1) is 27.0. The van der Waals surface area contributed by atoms with Crippen LogP contribution >= 0.6 is 11.6 Å². The lowest BCUT2D eigenvalue weighted by atomic mass is 9.96. The Kier molecular flexibility index (Phi) is 7.94. The van der Waals surface area contributed by atoms with E-state index < -0.39 is 0 Å². The van der Waals surface area contributed by atoms with E-state index >= 15 is 0 Å². The van der Waals surface area contributed by atoms with Crippen molar-refractivity contribution in [2.24, 2.45) is 5.92 Å². The first-order valence-electron chi connectivity index (χ1n) is 14.6. The van der Waals surface area contributed by atoms with E-state index in [1.165, 1.54) is 18.1 Å². The number of carbonyl (C=O) groups excluding carboxylic acids is 1. The van der Waals surface area contributed by atoms with Crippen molar-refractivity contribution in [2.75, 3.05) is 49.6 Å². The Balaban J connectivity index is 1.32. The SMILES string of the molecule is C=CC(=O)[C@H]1CCCN(c2nc(OC[C@@H]3CCCN3C)nc3c2CCN(c2cccc4cccc(Cl)c24)C3)CC1. The molecule has 3 aliphatic heterocycles. The minimum atomic E-state index is 0.0420. The lowest BCUT2D eigenvalue weighted by Crippen LogP contribution is -2.35. The molecule has 8 heteroatoms. The quantitative estimate of drug-likeness (QED) is 0.345. The number of carbonyl (C=O) groups is 1. The van der Waals surface area contributed by atoms with Gasteiger partial charge in [0.05, 0.1) is 17.3 Å². The number of allylic oxidation sites excluding steroid dienone is 1. The Morgan fingerprint density at radius 2 is 1.88 bits per heavy atom. The summed E-state index contributed by atoms with van der Waals surface area (Å²) < 4.78 is 6.30. The van der Waals surface area contributed by atoms with Crippen LogP contribution in [0.3, 0.4) is 0 Å². The number of rotatable bonds is 7. The van der Waals surface area contributed by atoms with Crippen molar-refractivity contribution in [2.45, 2.75) is 51.1 Å². The number of hydrogen-bond acceptors (Lipinski definition) is 7. The molecule has 210 valence electrons. The van der Waals surface area contributed by atoms with Crippen LogP contribution in [0.25, 0.3) is 10.8 Å². The summed E-state index contributed by atoms with van der Waals surface area (Å²) in [6.45, 7) is 8.59. The maximum atomic E-state index is 12.4. The fraction of sp³-hybridized carbons (Fsp3) is 0.469. The van der Waals surface area contributed by atoms with Crippen LogP contribution in [-0.2, 0) is 17.8 Å². The number of nitrogens with zero attached hydrogens (tertiary/aromatic N) is 5. The van der Waals surface area contributed by atoms with Crippen molar-refractivity contribution in [3.63, 3.8) is 0 Å². The summed E-state index contributed by atoms with van der Waals surface area (Å²) in [6, 6.07) is 13.3. The summed E-state index contributed by atoms with van der Waals surface area (Å²) in [5.74, 6) is 1.17. The zero-order valence-electron chi connectivity index (χ0n) is 23.3. The van der Waals surface area contributed by atoms with Gasteiger partial charge in [-0.1, -0.05) is 42.4 Å². The molecular weight excluding hydrogens is 522 g/mol. The minimum Gasteiger partial charge on any atom is -0.462 e. The third kappa shape index (κ3) is 5.41. The van der Waals surface area contributed by atoms with E-state index in [1.807, 2.05) is 12.1 Å². The minimum absolute atomic E-state index is 0.0420. The van der Waals surface area contributed by atoms with Gasteiger partial charge in [-0.05, 0) is 75.7 Å². The second-order valence-electron chi connectivity index (χ2n) is 11.4. The van der Waals surface area contributed by atoms with Gasteiger partial charge in [0.2, 0.25) is 0 Å². The van der Waals surface area contributed by atoms with Crippen molar-refractivity contribution in [3.05, 3.63) is 65.3 Å². The molecule has 0 radical (unpaired) electrons. The maximum Gasteiger partial charge on any atom is 0.318 e. The topological polar surface area (TPSA) is 61.8 Å². The molecule has 6 rings (SSSR count). The second-order valence-corrected chi connectivity index (χ2v) is 11.8. The zero-order valence-corrected chi connectivity index (χ0v) is 24.1. The fourth-order valence-corrected chi connectivity index (χ4v) is 6.86. The van der Waals surface area contributed by atoms with Gasteiger partial charge >= 0.3 is 6.01 Å². The third-order valence-electron chi connectivity index (χ3n) is 8.90. The largest absolute Gasteiger partial charge is 0.462 e. The van der Waals surface area contributed by atoms with Crippen molar-refractivity contribution in [1.82, 2.24) is 14.9 Å². The van der Waals surface area contributed by atoms with Crippen LogP contribution in [0.2, 0.25) is 5.02 Å². The van der Waals surface area contributed by atoms with Crippen LogP contribution in [0.1, 0.15) is 43.4 Å². The molecule has 0 amide bonds. The van der Waals surface area contributed by atoms with E-state index in [9.17, 15) is 4.79 Å². The summed E-state index contributed by atoms with van der Waals surface area (Å²) in [5.41, 5.74) is 3.34. The molecule has 4 heterocycles. The molecule has 0 saturated carbocycles. The molecular formula is C32H38ClN5O2. The van der Waals surface area contributed by atoms with E-state index in [2.05, 4.69) is 52.6 Å². The molecule has 0 spiro atoms. The number of ketones is 1.